The van der Waals surface area contributed by atoms with Crippen molar-refractivity contribution in [1.82, 2.24) is 9.97 Å². The van der Waals surface area contributed by atoms with Crippen molar-refractivity contribution >= 4 is 55.6 Å². The maximum atomic E-state index is 10.4. The van der Waals surface area contributed by atoms with Gasteiger partial charge in [-0.05, 0) is 59.7 Å². The molecule has 2 aromatic heterocycles. The summed E-state index contributed by atoms with van der Waals surface area (Å²) in [7, 11) is 0. The topological polar surface area (TPSA) is 255 Å². The number of pyridine rings is 2. The van der Waals surface area contributed by atoms with E-state index in [9.17, 15) is 29.4 Å². The molecule has 221 valence electrons. The van der Waals surface area contributed by atoms with Crippen molar-refractivity contribution in [3.8, 4) is 0 Å². The van der Waals surface area contributed by atoms with Crippen LogP contribution in [0.2, 0.25) is 0 Å². The summed E-state index contributed by atoms with van der Waals surface area (Å²) in [6, 6.07) is 19.1. The third-order valence-electron chi connectivity index (χ3n) is 4.05. The molecule has 0 spiro atoms. The van der Waals surface area contributed by atoms with E-state index in [0.29, 0.717) is 11.1 Å². The summed E-state index contributed by atoms with van der Waals surface area (Å²) in [5.41, 5.74) is 11.1. The second-order valence-corrected chi connectivity index (χ2v) is 8.63. The van der Waals surface area contributed by atoms with Crippen LogP contribution in [0.4, 0.5) is 0 Å². The summed E-state index contributed by atoms with van der Waals surface area (Å²) in [6.07, 6.45) is 6.05. The van der Waals surface area contributed by atoms with Gasteiger partial charge in [-0.1, -0.05) is 56.1 Å². The number of carbonyl (C=O) groups excluding carboxylic acids is 4. The zero-order chi connectivity index (χ0) is 28.5. The molecule has 0 saturated carbocycles. The van der Waals surface area contributed by atoms with Crippen molar-refractivity contribution in [2.75, 3.05) is 0 Å². The molecule has 2 amide bonds. The van der Waals surface area contributed by atoms with E-state index in [1.165, 1.54) is 36.7 Å². The largest absolute Gasteiger partial charge is 2.00 e. The zero-order valence-electron chi connectivity index (χ0n) is 20.8. The van der Waals surface area contributed by atoms with Gasteiger partial charge in [0.15, 0.2) is 0 Å². The van der Waals surface area contributed by atoms with E-state index in [4.69, 9.17) is 11.5 Å². The molecule has 1 radical (unpaired) electrons. The second-order valence-electron chi connectivity index (χ2n) is 6.80. The molecule has 0 unspecified atom stereocenters. The zero-order valence-corrected chi connectivity index (χ0v) is 24.9. The van der Waals surface area contributed by atoms with Gasteiger partial charge in [0.1, 0.15) is 0 Å². The number of amides is 2. The van der Waals surface area contributed by atoms with Gasteiger partial charge in [-0.2, -0.15) is 0 Å². The van der Waals surface area contributed by atoms with Gasteiger partial charge in [0.2, 0.25) is 11.8 Å². The van der Waals surface area contributed by atoms with Crippen LogP contribution in [0.1, 0.15) is 41.4 Å². The maximum absolute atomic E-state index is 10.4. The minimum atomic E-state index is -1.15. The fourth-order valence-corrected chi connectivity index (χ4v) is 2.72. The average Bonchev–Trinajstić information content (AvgIpc) is 2.91. The second kappa shape index (κ2) is 22.8. The Labute approximate surface area is 262 Å². The third-order valence-corrected chi connectivity index (χ3v) is 5.11. The van der Waals surface area contributed by atoms with Crippen LogP contribution in [-0.4, -0.2) is 44.7 Å². The van der Waals surface area contributed by atoms with Crippen molar-refractivity contribution < 1.29 is 57.4 Å². The minimum Gasteiger partial charge on any atom is -0.545 e. The Balaban J connectivity index is -0.000000459. The fourth-order valence-electron chi connectivity index (χ4n) is 2.19. The van der Waals surface area contributed by atoms with E-state index < -0.39 is 23.8 Å². The van der Waals surface area contributed by atoms with Gasteiger partial charge < -0.3 is 42.2 Å². The molecule has 2 heterocycles. The van der Waals surface area contributed by atoms with Crippen LogP contribution in [-0.2, 0) is 17.1 Å². The first-order valence-corrected chi connectivity index (χ1v) is 11.9. The monoisotopic (exact) mass is 741 g/mol. The molecule has 0 aliphatic heterocycles. The Morgan fingerprint density at radius 3 is 1.02 bits per heavy atom. The summed E-state index contributed by atoms with van der Waals surface area (Å²) >= 11 is 6.36. The molecule has 41 heavy (non-hydrogen) atoms. The number of primary amides is 2. The van der Waals surface area contributed by atoms with Crippen molar-refractivity contribution in [1.29, 1.82) is 0 Å². The molecule has 2 aromatic carbocycles. The number of benzene rings is 2. The molecule has 0 aliphatic carbocycles. The van der Waals surface area contributed by atoms with Crippen LogP contribution in [0.25, 0.3) is 0 Å². The van der Waals surface area contributed by atoms with Crippen LogP contribution in [0.5, 0.6) is 0 Å². The van der Waals surface area contributed by atoms with E-state index in [2.05, 4.69) is 41.8 Å². The van der Waals surface area contributed by atoms with Gasteiger partial charge in [0, 0.05) is 33.7 Å². The summed E-state index contributed by atoms with van der Waals surface area (Å²) in [6.45, 7) is 0. The summed E-state index contributed by atoms with van der Waals surface area (Å²) in [5.74, 6) is -3.17. The Morgan fingerprint density at radius 2 is 0.854 bits per heavy atom. The number of halogens is 2. The fraction of sp³-hybridized carbons (Fsp3) is 0. The summed E-state index contributed by atoms with van der Waals surface area (Å²) < 4.78 is 1.72. The van der Waals surface area contributed by atoms with E-state index in [-0.39, 0.29) is 39.1 Å². The van der Waals surface area contributed by atoms with Gasteiger partial charge in [-0.3, -0.25) is 19.6 Å². The normalized spacial score (nSPS) is 8.44. The first kappa shape index (κ1) is 41.5. The van der Waals surface area contributed by atoms with Gasteiger partial charge in [-0.25, -0.2) is 0 Å². The molecule has 0 fully saturated rings. The number of carboxylic acids is 2. The van der Waals surface area contributed by atoms with E-state index >= 15 is 0 Å². The van der Waals surface area contributed by atoms with Crippen LogP contribution in [0, 0.1) is 0 Å². The Bertz CT molecular complexity index is 1230. The average molecular weight is 744 g/mol. The molecule has 12 nitrogen and oxygen atoms in total. The van der Waals surface area contributed by atoms with Crippen molar-refractivity contribution in [2.45, 2.75) is 0 Å². The number of hydrogen-bond donors (Lipinski definition) is 2. The number of aromatic nitrogens is 2. The molecule has 15 heteroatoms. The van der Waals surface area contributed by atoms with Crippen molar-refractivity contribution in [2.24, 2.45) is 11.5 Å². The Hall–Kier alpha value is -3.98. The quantitative estimate of drug-likeness (QED) is 0.275. The number of carboxylic acid groups (broad SMARTS) is 2. The van der Waals surface area contributed by atoms with E-state index in [1.54, 1.807) is 60.9 Å². The number of carbonyl (C=O) groups is 4. The first-order valence-electron chi connectivity index (χ1n) is 10.3. The van der Waals surface area contributed by atoms with Crippen LogP contribution in [0.15, 0.2) is 107 Å². The molecule has 0 saturated heterocycles. The number of rotatable bonds is 4. The number of nitrogens with zero attached hydrogens (tertiary/aromatic N) is 2. The van der Waals surface area contributed by atoms with Gasteiger partial charge in [0.05, 0.1) is 23.1 Å². The van der Waals surface area contributed by atoms with Crippen LogP contribution in [0.3, 0.4) is 0 Å². The minimum absolute atomic E-state index is 0. The van der Waals surface area contributed by atoms with Gasteiger partial charge in [0.25, 0.3) is 0 Å². The molecule has 0 aliphatic rings. The molecule has 0 bridgehead atoms. The van der Waals surface area contributed by atoms with E-state index in [1.807, 2.05) is 0 Å². The number of aromatic carboxylic acids is 2. The van der Waals surface area contributed by atoms with Crippen LogP contribution < -0.4 is 21.7 Å². The van der Waals surface area contributed by atoms with Crippen molar-refractivity contribution in [3.05, 3.63) is 129 Å². The van der Waals surface area contributed by atoms with E-state index in [0.717, 1.165) is 8.95 Å². The Morgan fingerprint density at radius 1 is 0.561 bits per heavy atom. The molecule has 4 aromatic rings. The SMILES string of the molecule is NC(=O)c1cccnc1.NC(=O)c1cccnc1.O.O.O=C([O-])c1ccc(Br)cc1.O=C([O-])c1ccc(Br)cc1.[Cu+2]. The predicted octanol–water partition coefficient (Wildman–Crippen LogP) is 0.334. The molecular formula is C26H24Br2CuN4O8. The van der Waals surface area contributed by atoms with Crippen molar-refractivity contribution in [3.63, 3.8) is 0 Å². The summed E-state index contributed by atoms with van der Waals surface area (Å²) in [4.78, 5) is 48.5. The first-order chi connectivity index (χ1) is 18.0. The van der Waals surface area contributed by atoms with Gasteiger partial charge in [-0.15, -0.1) is 0 Å². The maximum Gasteiger partial charge on any atom is 2.00 e. The van der Waals surface area contributed by atoms with Gasteiger partial charge >= 0.3 is 17.1 Å². The Kier molecular flexibility index (Phi) is 23.1. The molecule has 0 atom stereocenters. The smallest absolute Gasteiger partial charge is 0.545 e. The predicted molar refractivity (Wildman–Crippen MR) is 150 cm³/mol. The molecule has 8 N–H and O–H groups in total. The number of hydrogen-bond acceptors (Lipinski definition) is 8. The molecular weight excluding hydrogens is 720 g/mol. The van der Waals surface area contributed by atoms with Crippen LogP contribution >= 0.6 is 31.9 Å². The summed E-state index contributed by atoms with van der Waals surface area (Å²) in [5, 5.41) is 20.4. The standard InChI is InChI=1S/2C7H5BrO2.2C6H6N2O.Cu.2H2O/c2*8-6-3-1-5(2-4-6)7(9)10;2*7-6(9)5-2-1-3-8-4-5;;;/h2*1-4H,(H,9,10);2*1-4H,(H2,7,9);;2*1H2/q;;;;+2;;/p-2. The third kappa shape index (κ3) is 18.1. The number of nitrogens with two attached hydrogens (primary N) is 2. The molecule has 4 rings (SSSR count).